The van der Waals surface area contributed by atoms with Crippen LogP contribution < -0.4 is 5.32 Å². The summed E-state index contributed by atoms with van der Waals surface area (Å²) in [5.74, 6) is -0.295. The maximum atomic E-state index is 11.8. The van der Waals surface area contributed by atoms with Crippen LogP contribution >= 0.6 is 11.8 Å². The van der Waals surface area contributed by atoms with Gasteiger partial charge in [-0.2, -0.15) is 0 Å². The molecule has 0 aromatic heterocycles. The Hall–Kier alpha value is -1.55. The number of imide groups is 1. The van der Waals surface area contributed by atoms with Gasteiger partial charge in [-0.05, 0) is 70.7 Å². The van der Waals surface area contributed by atoms with Crippen molar-refractivity contribution in [3.63, 3.8) is 0 Å². The second-order valence-corrected chi connectivity index (χ2v) is 8.89. The Labute approximate surface area is 141 Å². The van der Waals surface area contributed by atoms with Gasteiger partial charge in [-0.25, -0.2) is 0 Å². The average molecular weight is 329 g/mol. The van der Waals surface area contributed by atoms with E-state index >= 15 is 0 Å². The lowest BCUT2D eigenvalue weighted by molar-refractivity contribution is -0.115. The lowest BCUT2D eigenvalue weighted by atomic mass is 9.62. The number of carbonyl (C=O) groups is 2. The molecule has 0 unspecified atom stereocenters. The molecule has 0 radical (unpaired) electrons. The molecule has 3 rings (SSSR count). The standard InChI is InChI=1S/C19H23NO2S/c1-11-8-13-14(19(4,5)7-6-18(13,2)3)9-12(11)10-15-16(21)20-17(22)23-15/h8-10H,6-7H2,1-5H3,(H,20,21,22)/b15-10-. The first-order valence-corrected chi connectivity index (χ1v) is 8.82. The normalized spacial score (nSPS) is 23.8. The van der Waals surface area contributed by atoms with E-state index in [4.69, 9.17) is 0 Å². The van der Waals surface area contributed by atoms with Crippen molar-refractivity contribution in [1.29, 1.82) is 0 Å². The van der Waals surface area contributed by atoms with Crippen molar-refractivity contribution in [3.05, 3.63) is 39.3 Å². The molecule has 0 atom stereocenters. The van der Waals surface area contributed by atoms with Gasteiger partial charge in [0.05, 0.1) is 4.91 Å². The van der Waals surface area contributed by atoms with Crippen LogP contribution in [-0.2, 0) is 15.6 Å². The van der Waals surface area contributed by atoms with Gasteiger partial charge in [-0.15, -0.1) is 0 Å². The highest BCUT2D eigenvalue weighted by atomic mass is 32.2. The number of fused-ring (bicyclic) bond motifs is 1. The Morgan fingerprint density at radius 2 is 1.61 bits per heavy atom. The summed E-state index contributed by atoms with van der Waals surface area (Å²) in [6.07, 6.45) is 4.18. The topological polar surface area (TPSA) is 46.2 Å². The second-order valence-electron chi connectivity index (χ2n) is 7.87. The maximum absolute atomic E-state index is 11.8. The van der Waals surface area contributed by atoms with Crippen LogP contribution in [0.15, 0.2) is 17.0 Å². The molecule has 23 heavy (non-hydrogen) atoms. The third-order valence-electron chi connectivity index (χ3n) is 5.17. The summed E-state index contributed by atoms with van der Waals surface area (Å²) in [6.45, 7) is 11.3. The van der Waals surface area contributed by atoms with E-state index in [0.29, 0.717) is 4.91 Å². The SMILES string of the molecule is Cc1cc2c(cc1/C=C1\SC(=O)NC1=O)C(C)(C)CCC2(C)C. The quantitative estimate of drug-likeness (QED) is 0.762. The zero-order chi connectivity index (χ0) is 17.0. The van der Waals surface area contributed by atoms with E-state index in [1.165, 1.54) is 17.5 Å². The molecule has 2 amide bonds. The molecule has 0 spiro atoms. The third-order valence-corrected chi connectivity index (χ3v) is 5.98. The van der Waals surface area contributed by atoms with Crippen LogP contribution in [0.3, 0.4) is 0 Å². The first-order valence-electron chi connectivity index (χ1n) is 8.01. The smallest absolute Gasteiger partial charge is 0.282 e. The summed E-state index contributed by atoms with van der Waals surface area (Å²) < 4.78 is 0. The summed E-state index contributed by atoms with van der Waals surface area (Å²) in [6, 6.07) is 4.48. The van der Waals surface area contributed by atoms with Crippen molar-refractivity contribution in [2.45, 2.75) is 58.3 Å². The summed E-state index contributed by atoms with van der Waals surface area (Å²) in [5, 5.41) is 2.02. The summed E-state index contributed by atoms with van der Waals surface area (Å²) in [4.78, 5) is 23.6. The van der Waals surface area contributed by atoms with Crippen molar-refractivity contribution < 1.29 is 9.59 Å². The highest BCUT2D eigenvalue weighted by Gasteiger charge is 2.37. The van der Waals surface area contributed by atoms with E-state index in [0.717, 1.165) is 29.3 Å². The Morgan fingerprint density at radius 1 is 1.04 bits per heavy atom. The van der Waals surface area contributed by atoms with E-state index in [-0.39, 0.29) is 22.0 Å². The van der Waals surface area contributed by atoms with Crippen molar-refractivity contribution >= 4 is 29.0 Å². The third kappa shape index (κ3) is 2.85. The van der Waals surface area contributed by atoms with E-state index in [2.05, 4.69) is 52.1 Å². The van der Waals surface area contributed by atoms with Crippen molar-refractivity contribution in [3.8, 4) is 0 Å². The molecule has 2 aliphatic rings. The molecule has 1 N–H and O–H groups in total. The molecule has 122 valence electrons. The molecule has 1 saturated heterocycles. The second kappa shape index (κ2) is 5.23. The molecule has 1 heterocycles. The monoisotopic (exact) mass is 329 g/mol. The highest BCUT2D eigenvalue weighted by molar-refractivity contribution is 8.18. The lowest BCUT2D eigenvalue weighted by Crippen LogP contribution is -2.34. The Kier molecular flexibility index (Phi) is 3.71. The van der Waals surface area contributed by atoms with Crippen LogP contribution in [0.25, 0.3) is 6.08 Å². The molecule has 1 fully saturated rings. The Morgan fingerprint density at radius 3 is 2.13 bits per heavy atom. The minimum atomic E-state index is -0.295. The number of rotatable bonds is 1. The number of amides is 2. The van der Waals surface area contributed by atoms with E-state index in [9.17, 15) is 9.59 Å². The Bertz CT molecular complexity index is 744. The van der Waals surface area contributed by atoms with Crippen LogP contribution in [0.5, 0.6) is 0 Å². The largest absolute Gasteiger partial charge is 0.290 e. The number of nitrogens with one attached hydrogen (secondary N) is 1. The Balaban J connectivity index is 2.13. The molecular formula is C19H23NO2S. The van der Waals surface area contributed by atoms with Crippen LogP contribution in [0, 0.1) is 6.92 Å². The molecule has 3 nitrogen and oxygen atoms in total. The minimum Gasteiger partial charge on any atom is -0.282 e. The fourth-order valence-corrected chi connectivity index (χ4v) is 4.13. The molecule has 4 heteroatoms. The van der Waals surface area contributed by atoms with Gasteiger partial charge in [-0.1, -0.05) is 39.8 Å². The van der Waals surface area contributed by atoms with Gasteiger partial charge in [0.15, 0.2) is 0 Å². The number of hydrogen-bond acceptors (Lipinski definition) is 3. The maximum Gasteiger partial charge on any atom is 0.290 e. The highest BCUT2D eigenvalue weighted by Crippen LogP contribution is 2.46. The van der Waals surface area contributed by atoms with Crippen LogP contribution in [0.2, 0.25) is 0 Å². The van der Waals surface area contributed by atoms with Gasteiger partial charge in [0.25, 0.3) is 11.1 Å². The number of hydrogen-bond donors (Lipinski definition) is 1. The van der Waals surface area contributed by atoms with E-state index in [1.807, 2.05) is 6.08 Å². The van der Waals surface area contributed by atoms with Crippen LogP contribution in [0.1, 0.15) is 62.8 Å². The predicted molar refractivity (Wildman–Crippen MR) is 95.6 cm³/mol. The summed E-state index contributed by atoms with van der Waals surface area (Å²) in [5.41, 5.74) is 5.26. The number of carbonyl (C=O) groups excluding carboxylic acids is 2. The fourth-order valence-electron chi connectivity index (χ4n) is 3.46. The molecule has 1 aromatic rings. The van der Waals surface area contributed by atoms with Crippen LogP contribution in [0.4, 0.5) is 4.79 Å². The average Bonchev–Trinajstić information content (AvgIpc) is 2.75. The van der Waals surface area contributed by atoms with Gasteiger partial charge >= 0.3 is 0 Å². The molecular weight excluding hydrogens is 306 g/mol. The van der Waals surface area contributed by atoms with Crippen molar-refractivity contribution in [2.75, 3.05) is 0 Å². The molecule has 0 saturated carbocycles. The van der Waals surface area contributed by atoms with Crippen molar-refractivity contribution in [2.24, 2.45) is 0 Å². The zero-order valence-corrected chi connectivity index (χ0v) is 15.2. The number of thioether (sulfide) groups is 1. The first-order chi connectivity index (χ1) is 10.6. The predicted octanol–water partition coefficient (Wildman–Crippen LogP) is 4.67. The number of aryl methyl sites for hydroxylation is 1. The van der Waals surface area contributed by atoms with Gasteiger partial charge in [0.2, 0.25) is 0 Å². The lowest BCUT2D eigenvalue weighted by Gasteiger charge is -2.42. The summed E-state index contributed by atoms with van der Waals surface area (Å²) in [7, 11) is 0. The molecule has 1 aliphatic carbocycles. The summed E-state index contributed by atoms with van der Waals surface area (Å²) >= 11 is 0.976. The molecule has 0 bridgehead atoms. The van der Waals surface area contributed by atoms with Crippen molar-refractivity contribution in [1.82, 2.24) is 5.32 Å². The minimum absolute atomic E-state index is 0.132. The fraction of sp³-hybridized carbons (Fsp3) is 0.474. The molecule has 1 aliphatic heterocycles. The number of benzene rings is 1. The van der Waals surface area contributed by atoms with Crippen LogP contribution in [-0.4, -0.2) is 11.1 Å². The van der Waals surface area contributed by atoms with Gasteiger partial charge < -0.3 is 0 Å². The van der Waals surface area contributed by atoms with Gasteiger partial charge in [-0.3, -0.25) is 14.9 Å². The molecule has 1 aromatic carbocycles. The van der Waals surface area contributed by atoms with E-state index in [1.54, 1.807) is 0 Å². The first kappa shape index (κ1) is 16.3. The van der Waals surface area contributed by atoms with E-state index < -0.39 is 0 Å². The van der Waals surface area contributed by atoms with Gasteiger partial charge in [0.1, 0.15) is 0 Å². The zero-order valence-electron chi connectivity index (χ0n) is 14.4. The van der Waals surface area contributed by atoms with Gasteiger partial charge in [0, 0.05) is 0 Å².